The second-order valence-corrected chi connectivity index (χ2v) is 3.04. The van der Waals surface area contributed by atoms with Crippen molar-refractivity contribution in [2.24, 2.45) is 0 Å². The molecule has 0 aliphatic heterocycles. The number of pyridine rings is 1. The molecule has 0 radical (unpaired) electrons. The summed E-state index contributed by atoms with van der Waals surface area (Å²) in [6.07, 6.45) is 1.49. The van der Waals surface area contributed by atoms with E-state index in [1.807, 2.05) is 0 Å². The molecular formula is C12H9ClFNO2. The molecule has 0 atom stereocenters. The lowest BCUT2D eigenvalue weighted by molar-refractivity contribution is 0.0722. The fourth-order valence-corrected chi connectivity index (χ4v) is 1.18. The first-order valence-corrected chi connectivity index (χ1v) is 4.65. The van der Waals surface area contributed by atoms with Gasteiger partial charge in [0.05, 0.1) is 5.56 Å². The van der Waals surface area contributed by atoms with E-state index in [4.69, 9.17) is 4.74 Å². The number of rotatable bonds is 2. The maximum Gasteiger partial charge on any atom is 0.347 e. The fourth-order valence-electron chi connectivity index (χ4n) is 1.18. The number of nitrogens with zero attached hydrogens (tertiary/aromatic N) is 1. The van der Waals surface area contributed by atoms with Gasteiger partial charge in [0, 0.05) is 12.3 Å². The zero-order valence-corrected chi connectivity index (χ0v) is 9.49. The van der Waals surface area contributed by atoms with Gasteiger partial charge in [-0.25, -0.2) is 14.2 Å². The summed E-state index contributed by atoms with van der Waals surface area (Å²) >= 11 is 0. The number of hydrogen-bond donors (Lipinski definition) is 0. The quantitative estimate of drug-likeness (QED) is 0.773. The summed E-state index contributed by atoms with van der Waals surface area (Å²) in [5, 5.41) is 0. The zero-order chi connectivity index (χ0) is 11.4. The number of benzene rings is 1. The minimum Gasteiger partial charge on any atom is -0.404 e. The number of aromatic nitrogens is 1. The molecule has 88 valence electrons. The van der Waals surface area contributed by atoms with Crippen LogP contribution in [0.5, 0.6) is 5.88 Å². The first-order chi connectivity index (χ1) is 7.77. The molecular weight excluding hydrogens is 245 g/mol. The highest BCUT2D eigenvalue weighted by Crippen LogP contribution is 2.11. The van der Waals surface area contributed by atoms with E-state index in [1.54, 1.807) is 18.2 Å². The maximum atomic E-state index is 13.2. The van der Waals surface area contributed by atoms with E-state index < -0.39 is 11.8 Å². The lowest BCUT2D eigenvalue weighted by atomic mass is 10.2. The Morgan fingerprint density at radius 2 is 1.82 bits per heavy atom. The maximum absolute atomic E-state index is 13.2. The van der Waals surface area contributed by atoms with Gasteiger partial charge in [-0.3, -0.25) is 0 Å². The average molecular weight is 254 g/mol. The third-order valence-corrected chi connectivity index (χ3v) is 1.93. The molecule has 1 heterocycles. The summed E-state index contributed by atoms with van der Waals surface area (Å²) in [6, 6.07) is 10.5. The lowest BCUT2D eigenvalue weighted by Crippen LogP contribution is -2.11. The van der Waals surface area contributed by atoms with Gasteiger partial charge in [0.15, 0.2) is 0 Å². The summed E-state index contributed by atoms with van der Waals surface area (Å²) in [6.45, 7) is 0. The van der Waals surface area contributed by atoms with Crippen molar-refractivity contribution >= 4 is 18.4 Å². The Balaban J connectivity index is 0.00000144. The largest absolute Gasteiger partial charge is 0.404 e. The highest BCUT2D eigenvalue weighted by atomic mass is 35.5. The van der Waals surface area contributed by atoms with E-state index in [0.29, 0.717) is 0 Å². The summed E-state index contributed by atoms with van der Waals surface area (Å²) in [4.78, 5) is 15.3. The molecule has 5 heteroatoms. The minimum absolute atomic E-state index is 0. The Morgan fingerprint density at radius 3 is 2.47 bits per heavy atom. The number of esters is 1. The van der Waals surface area contributed by atoms with Crippen LogP contribution in [0.15, 0.2) is 48.7 Å². The predicted molar refractivity (Wildman–Crippen MR) is 62.8 cm³/mol. The molecule has 17 heavy (non-hydrogen) atoms. The average Bonchev–Trinajstić information content (AvgIpc) is 2.31. The molecule has 1 aromatic carbocycles. The first kappa shape index (κ1) is 13.1. The predicted octanol–water partition coefficient (Wildman–Crippen LogP) is 2.86. The fraction of sp³-hybridized carbons (Fsp3) is 0. The van der Waals surface area contributed by atoms with E-state index in [9.17, 15) is 9.18 Å². The molecule has 0 aliphatic rings. The molecule has 0 N–H and O–H groups in total. The molecule has 1 aromatic heterocycles. The van der Waals surface area contributed by atoms with Gasteiger partial charge in [0.1, 0.15) is 5.82 Å². The second kappa shape index (κ2) is 5.96. The van der Waals surface area contributed by atoms with Crippen LogP contribution in [-0.4, -0.2) is 11.0 Å². The van der Waals surface area contributed by atoms with Crippen molar-refractivity contribution < 1.29 is 13.9 Å². The molecule has 2 aromatic rings. The van der Waals surface area contributed by atoms with Gasteiger partial charge in [-0.2, -0.15) is 0 Å². The smallest absolute Gasteiger partial charge is 0.347 e. The summed E-state index contributed by atoms with van der Waals surface area (Å²) in [5.74, 6) is -1.21. The Bertz CT molecular complexity index is 505. The Kier molecular flexibility index (Phi) is 4.60. The van der Waals surface area contributed by atoms with Gasteiger partial charge < -0.3 is 4.74 Å². The zero-order valence-electron chi connectivity index (χ0n) is 8.67. The second-order valence-electron chi connectivity index (χ2n) is 3.04. The van der Waals surface area contributed by atoms with Gasteiger partial charge in [0.2, 0.25) is 5.88 Å². The van der Waals surface area contributed by atoms with Crippen molar-refractivity contribution in [3.8, 4) is 5.88 Å². The van der Waals surface area contributed by atoms with E-state index >= 15 is 0 Å². The minimum atomic E-state index is -0.753. The number of ether oxygens (including phenoxy) is 1. The van der Waals surface area contributed by atoms with Crippen molar-refractivity contribution in [1.29, 1.82) is 0 Å². The highest BCUT2D eigenvalue weighted by Gasteiger charge is 2.13. The molecule has 0 saturated heterocycles. The standard InChI is InChI=1S/C12H8FNO2.ClH/c13-10-6-2-1-5-9(10)12(15)16-11-7-3-4-8-14-11;/h1-8H;1H. The number of halogens is 2. The van der Waals surface area contributed by atoms with Gasteiger partial charge in [-0.05, 0) is 18.2 Å². The van der Waals surface area contributed by atoms with Crippen molar-refractivity contribution in [3.63, 3.8) is 0 Å². The molecule has 2 rings (SSSR count). The molecule has 0 fully saturated rings. The van der Waals surface area contributed by atoms with Crippen LogP contribution in [0.4, 0.5) is 4.39 Å². The lowest BCUT2D eigenvalue weighted by Gasteiger charge is -2.03. The Hall–Kier alpha value is -1.94. The number of carbonyl (C=O) groups is 1. The van der Waals surface area contributed by atoms with Crippen LogP contribution < -0.4 is 4.74 Å². The molecule has 0 saturated carbocycles. The van der Waals surface area contributed by atoms with E-state index in [0.717, 1.165) is 0 Å². The van der Waals surface area contributed by atoms with Crippen molar-refractivity contribution in [1.82, 2.24) is 4.98 Å². The highest BCUT2D eigenvalue weighted by molar-refractivity contribution is 5.91. The van der Waals surface area contributed by atoms with Crippen LogP contribution in [0.3, 0.4) is 0 Å². The van der Waals surface area contributed by atoms with Crippen LogP contribution in [0.25, 0.3) is 0 Å². The molecule has 3 nitrogen and oxygen atoms in total. The van der Waals surface area contributed by atoms with Gasteiger partial charge in [-0.15, -0.1) is 12.4 Å². The van der Waals surface area contributed by atoms with Crippen molar-refractivity contribution in [3.05, 3.63) is 60.0 Å². The molecule has 0 aliphatic carbocycles. The third kappa shape index (κ3) is 3.26. The molecule has 0 bridgehead atoms. The van der Waals surface area contributed by atoms with Crippen molar-refractivity contribution in [2.75, 3.05) is 0 Å². The summed E-state index contributed by atoms with van der Waals surface area (Å²) in [5.41, 5.74) is -0.104. The molecule has 0 amide bonds. The van der Waals surface area contributed by atoms with E-state index in [2.05, 4.69) is 4.98 Å². The topological polar surface area (TPSA) is 39.2 Å². The Morgan fingerprint density at radius 1 is 1.12 bits per heavy atom. The van der Waals surface area contributed by atoms with Crippen LogP contribution >= 0.6 is 12.4 Å². The summed E-state index contributed by atoms with van der Waals surface area (Å²) in [7, 11) is 0. The normalized spacial score (nSPS) is 9.24. The molecule has 0 unspecified atom stereocenters. The van der Waals surface area contributed by atoms with E-state index in [1.165, 1.54) is 30.5 Å². The summed E-state index contributed by atoms with van der Waals surface area (Å²) < 4.78 is 18.1. The van der Waals surface area contributed by atoms with Gasteiger partial charge in [-0.1, -0.05) is 18.2 Å². The Labute approximate surface area is 104 Å². The van der Waals surface area contributed by atoms with Gasteiger partial charge >= 0.3 is 5.97 Å². The van der Waals surface area contributed by atoms with Crippen LogP contribution in [-0.2, 0) is 0 Å². The first-order valence-electron chi connectivity index (χ1n) is 4.65. The van der Waals surface area contributed by atoms with Crippen molar-refractivity contribution in [2.45, 2.75) is 0 Å². The molecule has 0 spiro atoms. The van der Waals surface area contributed by atoms with Crippen LogP contribution in [0.1, 0.15) is 10.4 Å². The SMILES string of the molecule is Cl.O=C(Oc1ccccn1)c1ccccc1F. The van der Waals surface area contributed by atoms with Gasteiger partial charge in [0.25, 0.3) is 0 Å². The third-order valence-electron chi connectivity index (χ3n) is 1.93. The monoisotopic (exact) mass is 253 g/mol. The number of carbonyl (C=O) groups excluding carboxylic acids is 1. The van der Waals surface area contributed by atoms with Crippen LogP contribution in [0, 0.1) is 5.82 Å². The van der Waals surface area contributed by atoms with E-state index in [-0.39, 0.29) is 23.9 Å². The number of hydrogen-bond acceptors (Lipinski definition) is 3. The van der Waals surface area contributed by atoms with Crippen LogP contribution in [0.2, 0.25) is 0 Å².